The first-order valence-corrected chi connectivity index (χ1v) is 6.61. The molecule has 0 fully saturated rings. The van der Waals surface area contributed by atoms with Gasteiger partial charge in [-0.3, -0.25) is 0 Å². The van der Waals surface area contributed by atoms with Crippen molar-refractivity contribution in [2.75, 3.05) is 27.2 Å². The molecule has 0 aliphatic rings. The van der Waals surface area contributed by atoms with E-state index in [4.69, 9.17) is 11.6 Å². The lowest BCUT2D eigenvalue weighted by atomic mass is 10.1. The zero-order valence-corrected chi connectivity index (χ0v) is 11.8. The van der Waals surface area contributed by atoms with Crippen molar-refractivity contribution in [1.29, 1.82) is 0 Å². The van der Waals surface area contributed by atoms with Gasteiger partial charge in [0.2, 0.25) is 0 Å². The minimum Gasteiger partial charge on any atom is -0.310 e. The van der Waals surface area contributed by atoms with Crippen LogP contribution in [-0.4, -0.2) is 32.1 Å². The Balaban J connectivity index is 2.21. The smallest absolute Gasteiger partial charge is 0.0406 e. The average Bonchev–Trinajstić information content (AvgIpc) is 2.29. The molecule has 17 heavy (non-hydrogen) atoms. The van der Waals surface area contributed by atoms with Crippen molar-refractivity contribution in [3.8, 4) is 0 Å². The maximum atomic E-state index is 5.87. The van der Waals surface area contributed by atoms with Gasteiger partial charge in [0.1, 0.15) is 0 Å². The molecule has 0 spiro atoms. The zero-order valence-electron chi connectivity index (χ0n) is 11.0. The summed E-state index contributed by atoms with van der Waals surface area (Å²) in [4.78, 5) is 2.22. The van der Waals surface area contributed by atoms with Crippen LogP contribution >= 0.6 is 11.6 Å². The topological polar surface area (TPSA) is 15.3 Å². The van der Waals surface area contributed by atoms with Crippen molar-refractivity contribution in [2.24, 2.45) is 0 Å². The summed E-state index contributed by atoms with van der Waals surface area (Å²) in [7, 11) is 4.23. The van der Waals surface area contributed by atoms with E-state index in [1.807, 2.05) is 12.1 Å². The Morgan fingerprint density at radius 2 is 1.82 bits per heavy atom. The van der Waals surface area contributed by atoms with Crippen molar-refractivity contribution in [2.45, 2.75) is 25.8 Å². The summed E-state index contributed by atoms with van der Waals surface area (Å²) in [5.74, 6) is 0. The molecular formula is C14H23ClN2. The maximum Gasteiger partial charge on any atom is 0.0406 e. The van der Waals surface area contributed by atoms with E-state index >= 15 is 0 Å². The van der Waals surface area contributed by atoms with Gasteiger partial charge in [0.15, 0.2) is 0 Å². The minimum atomic E-state index is 0.395. The van der Waals surface area contributed by atoms with Crippen molar-refractivity contribution < 1.29 is 0 Å². The van der Waals surface area contributed by atoms with Gasteiger partial charge in [0.05, 0.1) is 0 Å². The molecule has 0 aliphatic carbocycles. The number of nitrogens with one attached hydrogen (secondary N) is 1. The molecule has 3 heteroatoms. The van der Waals surface area contributed by atoms with E-state index in [0.29, 0.717) is 6.04 Å². The summed E-state index contributed by atoms with van der Waals surface area (Å²) < 4.78 is 0. The second kappa shape index (κ2) is 7.70. The molecule has 1 aromatic rings. The van der Waals surface area contributed by atoms with E-state index in [-0.39, 0.29) is 0 Å². The van der Waals surface area contributed by atoms with Gasteiger partial charge in [-0.25, -0.2) is 0 Å². The lowest BCUT2D eigenvalue weighted by Gasteiger charge is -2.15. The Hall–Kier alpha value is -0.570. The molecule has 0 aromatic heterocycles. The summed E-state index contributed by atoms with van der Waals surface area (Å²) in [6.45, 7) is 4.42. The number of nitrogens with zero attached hydrogens (tertiary/aromatic N) is 1. The number of hydrogen-bond acceptors (Lipinski definition) is 2. The molecule has 0 amide bonds. The van der Waals surface area contributed by atoms with Crippen molar-refractivity contribution in [1.82, 2.24) is 10.2 Å². The fraction of sp³-hybridized carbons (Fsp3) is 0.571. The molecule has 0 heterocycles. The van der Waals surface area contributed by atoms with Crippen LogP contribution in [0.3, 0.4) is 0 Å². The highest BCUT2D eigenvalue weighted by atomic mass is 35.5. The SMILES string of the molecule is CC(NCCCCN(C)C)c1ccc(Cl)cc1. The lowest BCUT2D eigenvalue weighted by Crippen LogP contribution is -2.21. The van der Waals surface area contributed by atoms with E-state index in [0.717, 1.165) is 18.1 Å². The third-order valence-electron chi connectivity index (χ3n) is 2.85. The fourth-order valence-corrected chi connectivity index (χ4v) is 1.87. The molecule has 1 aromatic carbocycles. The third kappa shape index (κ3) is 6.06. The Bertz CT molecular complexity index is 309. The zero-order chi connectivity index (χ0) is 12.7. The molecular weight excluding hydrogens is 232 g/mol. The third-order valence-corrected chi connectivity index (χ3v) is 3.10. The normalized spacial score (nSPS) is 13.0. The van der Waals surface area contributed by atoms with Crippen LogP contribution in [-0.2, 0) is 0 Å². The molecule has 0 radical (unpaired) electrons. The van der Waals surface area contributed by atoms with Crippen LogP contribution in [0, 0.1) is 0 Å². The first-order valence-electron chi connectivity index (χ1n) is 6.23. The summed E-state index contributed by atoms with van der Waals surface area (Å²) in [5.41, 5.74) is 1.29. The van der Waals surface area contributed by atoms with E-state index in [1.54, 1.807) is 0 Å². The molecule has 0 bridgehead atoms. The lowest BCUT2D eigenvalue weighted by molar-refractivity contribution is 0.389. The quantitative estimate of drug-likeness (QED) is 0.751. The standard InChI is InChI=1S/C14H23ClN2/c1-12(13-6-8-14(15)9-7-13)16-10-4-5-11-17(2)3/h6-9,12,16H,4-5,10-11H2,1-3H3. The Kier molecular flexibility index (Phi) is 6.56. The average molecular weight is 255 g/mol. The van der Waals surface area contributed by atoms with Gasteiger partial charge in [-0.1, -0.05) is 23.7 Å². The highest BCUT2D eigenvalue weighted by molar-refractivity contribution is 6.30. The highest BCUT2D eigenvalue weighted by Gasteiger charge is 2.03. The van der Waals surface area contributed by atoms with Crippen LogP contribution in [0.25, 0.3) is 0 Å². The summed E-state index contributed by atoms with van der Waals surface area (Å²) >= 11 is 5.87. The van der Waals surface area contributed by atoms with E-state index in [9.17, 15) is 0 Å². The van der Waals surface area contributed by atoms with E-state index in [2.05, 4.69) is 43.4 Å². The molecule has 1 rings (SSSR count). The fourth-order valence-electron chi connectivity index (χ4n) is 1.74. The van der Waals surface area contributed by atoms with Crippen molar-refractivity contribution in [3.05, 3.63) is 34.9 Å². The van der Waals surface area contributed by atoms with Crippen LogP contribution in [0.4, 0.5) is 0 Å². The summed E-state index contributed by atoms with van der Waals surface area (Å²) in [6, 6.07) is 8.45. The predicted molar refractivity (Wildman–Crippen MR) is 75.7 cm³/mol. The van der Waals surface area contributed by atoms with Gasteiger partial charge in [0.25, 0.3) is 0 Å². The van der Waals surface area contributed by atoms with Crippen LogP contribution < -0.4 is 5.32 Å². The Morgan fingerprint density at radius 1 is 1.18 bits per heavy atom. The number of unbranched alkanes of at least 4 members (excludes halogenated alkanes) is 1. The first kappa shape index (κ1) is 14.5. The molecule has 0 saturated heterocycles. The Labute approximate surface area is 110 Å². The van der Waals surface area contributed by atoms with Crippen molar-refractivity contribution in [3.63, 3.8) is 0 Å². The molecule has 0 saturated carbocycles. The molecule has 0 aliphatic heterocycles. The molecule has 96 valence electrons. The molecule has 1 unspecified atom stereocenters. The molecule has 1 atom stereocenters. The number of benzene rings is 1. The van der Waals surface area contributed by atoms with Gasteiger partial charge >= 0.3 is 0 Å². The van der Waals surface area contributed by atoms with Gasteiger partial charge in [-0.15, -0.1) is 0 Å². The molecule has 2 nitrogen and oxygen atoms in total. The molecule has 1 N–H and O–H groups in total. The van der Waals surface area contributed by atoms with Gasteiger partial charge in [0, 0.05) is 11.1 Å². The van der Waals surface area contributed by atoms with Crippen molar-refractivity contribution >= 4 is 11.6 Å². The Morgan fingerprint density at radius 3 is 2.41 bits per heavy atom. The monoisotopic (exact) mass is 254 g/mol. The highest BCUT2D eigenvalue weighted by Crippen LogP contribution is 2.15. The predicted octanol–water partition coefficient (Wildman–Crippen LogP) is 3.33. The second-order valence-corrected chi connectivity index (χ2v) is 5.17. The van der Waals surface area contributed by atoms with Crippen LogP contribution in [0.2, 0.25) is 5.02 Å². The minimum absolute atomic E-state index is 0.395. The number of rotatable bonds is 7. The van der Waals surface area contributed by atoms with Crippen LogP contribution in [0.15, 0.2) is 24.3 Å². The largest absolute Gasteiger partial charge is 0.310 e. The number of hydrogen-bond donors (Lipinski definition) is 1. The van der Waals surface area contributed by atoms with Crippen LogP contribution in [0.5, 0.6) is 0 Å². The second-order valence-electron chi connectivity index (χ2n) is 4.74. The van der Waals surface area contributed by atoms with Gasteiger partial charge in [-0.05, 0) is 64.6 Å². The first-order chi connectivity index (χ1) is 8.09. The number of halogens is 1. The van der Waals surface area contributed by atoms with E-state index < -0.39 is 0 Å². The maximum absolute atomic E-state index is 5.87. The van der Waals surface area contributed by atoms with E-state index in [1.165, 1.54) is 18.4 Å². The van der Waals surface area contributed by atoms with Gasteiger partial charge in [-0.2, -0.15) is 0 Å². The summed E-state index contributed by atoms with van der Waals surface area (Å²) in [5, 5.41) is 4.33. The van der Waals surface area contributed by atoms with Crippen LogP contribution in [0.1, 0.15) is 31.4 Å². The summed E-state index contributed by atoms with van der Waals surface area (Å²) in [6.07, 6.45) is 2.46. The van der Waals surface area contributed by atoms with Gasteiger partial charge < -0.3 is 10.2 Å².